The van der Waals surface area contributed by atoms with E-state index in [2.05, 4.69) is 0 Å². The molecular weight excluding hydrogens is 228 g/mol. The van der Waals surface area contributed by atoms with Gasteiger partial charge < -0.3 is 4.74 Å². The average Bonchev–Trinajstić information content (AvgIpc) is 2.29. The Morgan fingerprint density at radius 3 is 2.39 bits per heavy atom. The third kappa shape index (κ3) is 6.18. The molecule has 0 N–H and O–H groups in total. The summed E-state index contributed by atoms with van der Waals surface area (Å²) in [7, 11) is 0. The Bertz CT molecular complexity index is 382. The number of ketones is 1. The molecule has 0 saturated heterocycles. The van der Waals surface area contributed by atoms with E-state index in [1.807, 2.05) is 44.2 Å². The van der Waals surface area contributed by atoms with E-state index in [0.29, 0.717) is 25.7 Å². The lowest BCUT2D eigenvalue weighted by atomic mass is 10.1. The number of hydrogen-bond acceptors (Lipinski definition) is 3. The van der Waals surface area contributed by atoms with E-state index in [4.69, 9.17) is 4.74 Å². The first kappa shape index (κ1) is 14.4. The van der Waals surface area contributed by atoms with Crippen LogP contribution in [0.15, 0.2) is 30.3 Å². The van der Waals surface area contributed by atoms with Gasteiger partial charge in [0.2, 0.25) is 0 Å². The fourth-order valence-corrected chi connectivity index (χ4v) is 1.66. The number of benzene rings is 1. The predicted octanol–water partition coefficient (Wildman–Crippen LogP) is 2.92. The number of ether oxygens (including phenoxy) is 1. The van der Waals surface area contributed by atoms with Gasteiger partial charge in [0.25, 0.3) is 0 Å². The zero-order chi connectivity index (χ0) is 13.4. The fraction of sp³-hybridized carbons (Fsp3) is 0.467. The highest BCUT2D eigenvalue weighted by molar-refractivity contribution is 5.81. The molecule has 0 amide bonds. The summed E-state index contributed by atoms with van der Waals surface area (Å²) in [5.41, 5.74) is 1.02. The van der Waals surface area contributed by atoms with Crippen LogP contribution in [-0.2, 0) is 20.7 Å². The molecule has 98 valence electrons. The van der Waals surface area contributed by atoms with Crippen LogP contribution in [0.3, 0.4) is 0 Å². The van der Waals surface area contributed by atoms with Crippen molar-refractivity contribution in [3.8, 4) is 0 Å². The summed E-state index contributed by atoms with van der Waals surface area (Å²) in [5.74, 6) is -0.0592. The largest absolute Gasteiger partial charge is 0.463 e. The maximum absolute atomic E-state index is 11.7. The van der Waals surface area contributed by atoms with E-state index in [-0.39, 0.29) is 17.9 Å². The molecule has 3 nitrogen and oxygen atoms in total. The average molecular weight is 248 g/mol. The van der Waals surface area contributed by atoms with Crippen molar-refractivity contribution >= 4 is 11.8 Å². The van der Waals surface area contributed by atoms with Crippen LogP contribution in [0.4, 0.5) is 0 Å². The van der Waals surface area contributed by atoms with Gasteiger partial charge in [0.05, 0.1) is 6.10 Å². The van der Waals surface area contributed by atoms with Gasteiger partial charge in [0.1, 0.15) is 5.78 Å². The molecular formula is C15H20O3. The molecule has 0 spiro atoms. The van der Waals surface area contributed by atoms with E-state index in [1.54, 1.807) is 0 Å². The Morgan fingerprint density at radius 1 is 1.11 bits per heavy atom. The second kappa shape index (κ2) is 7.64. The van der Waals surface area contributed by atoms with E-state index in [1.165, 1.54) is 0 Å². The van der Waals surface area contributed by atoms with E-state index in [9.17, 15) is 9.59 Å². The van der Waals surface area contributed by atoms with E-state index < -0.39 is 0 Å². The predicted molar refractivity (Wildman–Crippen MR) is 70.2 cm³/mol. The van der Waals surface area contributed by atoms with Crippen molar-refractivity contribution in [2.45, 2.75) is 45.6 Å². The van der Waals surface area contributed by atoms with Crippen LogP contribution in [-0.4, -0.2) is 17.9 Å². The van der Waals surface area contributed by atoms with Crippen molar-refractivity contribution in [3.05, 3.63) is 35.9 Å². The first-order valence-electron chi connectivity index (χ1n) is 6.33. The zero-order valence-electron chi connectivity index (χ0n) is 11.0. The smallest absolute Gasteiger partial charge is 0.306 e. The van der Waals surface area contributed by atoms with Gasteiger partial charge in [-0.1, -0.05) is 30.3 Å². The van der Waals surface area contributed by atoms with Crippen molar-refractivity contribution in [1.82, 2.24) is 0 Å². The van der Waals surface area contributed by atoms with Crippen LogP contribution in [0.1, 0.15) is 38.7 Å². The number of carbonyl (C=O) groups is 2. The van der Waals surface area contributed by atoms with Crippen LogP contribution in [0.2, 0.25) is 0 Å². The number of carbonyl (C=O) groups excluding carboxylic acids is 2. The van der Waals surface area contributed by atoms with Gasteiger partial charge in [0, 0.05) is 19.3 Å². The van der Waals surface area contributed by atoms with Gasteiger partial charge in [-0.25, -0.2) is 0 Å². The van der Waals surface area contributed by atoms with E-state index in [0.717, 1.165) is 5.56 Å². The minimum atomic E-state index is -0.225. The number of esters is 1. The molecule has 0 aromatic heterocycles. The maximum Gasteiger partial charge on any atom is 0.306 e. The zero-order valence-corrected chi connectivity index (χ0v) is 11.0. The maximum atomic E-state index is 11.7. The SMILES string of the molecule is CC(C)OC(=O)CCCC(=O)Cc1ccccc1. The highest BCUT2D eigenvalue weighted by atomic mass is 16.5. The molecule has 0 saturated carbocycles. The Kier molecular flexibility index (Phi) is 6.12. The van der Waals surface area contributed by atoms with Gasteiger partial charge in [0.15, 0.2) is 0 Å². The number of hydrogen-bond donors (Lipinski definition) is 0. The molecule has 0 heterocycles. The molecule has 0 aliphatic rings. The second-order valence-corrected chi connectivity index (χ2v) is 4.59. The fourth-order valence-electron chi connectivity index (χ4n) is 1.66. The molecule has 3 heteroatoms. The molecule has 0 bridgehead atoms. The van der Waals surface area contributed by atoms with Crippen LogP contribution in [0.25, 0.3) is 0 Å². The summed E-state index contributed by atoms with van der Waals surface area (Å²) < 4.78 is 5.00. The summed E-state index contributed by atoms with van der Waals surface area (Å²) >= 11 is 0. The number of rotatable bonds is 7. The molecule has 18 heavy (non-hydrogen) atoms. The Hall–Kier alpha value is -1.64. The second-order valence-electron chi connectivity index (χ2n) is 4.59. The highest BCUT2D eigenvalue weighted by Gasteiger charge is 2.08. The molecule has 0 atom stereocenters. The Labute approximate surface area is 108 Å². The van der Waals surface area contributed by atoms with Crippen molar-refractivity contribution in [3.63, 3.8) is 0 Å². The molecule has 0 radical (unpaired) electrons. The minimum absolute atomic E-state index is 0.0856. The molecule has 1 rings (SSSR count). The van der Waals surface area contributed by atoms with Crippen LogP contribution in [0, 0.1) is 0 Å². The Morgan fingerprint density at radius 2 is 1.78 bits per heavy atom. The lowest BCUT2D eigenvalue weighted by molar-refractivity contribution is -0.147. The van der Waals surface area contributed by atoms with Crippen molar-refractivity contribution in [1.29, 1.82) is 0 Å². The normalized spacial score (nSPS) is 10.4. The third-order valence-electron chi connectivity index (χ3n) is 2.45. The molecule has 0 unspecified atom stereocenters. The van der Waals surface area contributed by atoms with Gasteiger partial charge in [-0.3, -0.25) is 9.59 Å². The first-order valence-corrected chi connectivity index (χ1v) is 6.33. The first-order chi connectivity index (χ1) is 8.58. The summed E-state index contributed by atoms with van der Waals surface area (Å²) in [4.78, 5) is 22.9. The number of Topliss-reactive ketones (excluding diaryl/α,β-unsaturated/α-hetero) is 1. The van der Waals surface area contributed by atoms with Crippen molar-refractivity contribution < 1.29 is 14.3 Å². The molecule has 0 aliphatic heterocycles. The monoisotopic (exact) mass is 248 g/mol. The van der Waals surface area contributed by atoms with Gasteiger partial charge in [-0.2, -0.15) is 0 Å². The van der Waals surface area contributed by atoms with Crippen LogP contribution >= 0.6 is 0 Å². The van der Waals surface area contributed by atoms with Gasteiger partial charge in [-0.05, 0) is 25.8 Å². The van der Waals surface area contributed by atoms with Crippen LogP contribution < -0.4 is 0 Å². The summed E-state index contributed by atoms with van der Waals surface area (Å²) in [6.45, 7) is 3.64. The molecule has 1 aromatic rings. The summed E-state index contributed by atoms with van der Waals surface area (Å²) in [6, 6.07) is 9.64. The quantitative estimate of drug-likeness (QED) is 0.697. The minimum Gasteiger partial charge on any atom is -0.463 e. The molecule has 0 aliphatic carbocycles. The lowest BCUT2D eigenvalue weighted by Crippen LogP contribution is -2.12. The summed E-state index contributed by atoms with van der Waals surface area (Å²) in [5, 5.41) is 0. The van der Waals surface area contributed by atoms with Crippen LogP contribution in [0.5, 0.6) is 0 Å². The van der Waals surface area contributed by atoms with Gasteiger partial charge >= 0.3 is 5.97 Å². The summed E-state index contributed by atoms with van der Waals surface area (Å²) in [6.07, 6.45) is 1.68. The highest BCUT2D eigenvalue weighted by Crippen LogP contribution is 2.06. The van der Waals surface area contributed by atoms with Crippen molar-refractivity contribution in [2.24, 2.45) is 0 Å². The van der Waals surface area contributed by atoms with Crippen molar-refractivity contribution in [2.75, 3.05) is 0 Å². The molecule has 1 aromatic carbocycles. The molecule has 0 fully saturated rings. The Balaban J connectivity index is 2.20. The van der Waals surface area contributed by atoms with Gasteiger partial charge in [-0.15, -0.1) is 0 Å². The lowest BCUT2D eigenvalue weighted by Gasteiger charge is -2.07. The third-order valence-corrected chi connectivity index (χ3v) is 2.45. The topological polar surface area (TPSA) is 43.4 Å². The van der Waals surface area contributed by atoms with E-state index >= 15 is 0 Å². The standard InChI is InChI=1S/C15H20O3/c1-12(2)18-15(17)10-6-9-14(16)11-13-7-4-3-5-8-13/h3-5,7-8,12H,6,9-11H2,1-2H3.